The largest absolute Gasteiger partial charge is 0.297 e. The molecule has 1 aromatic carbocycles. The van der Waals surface area contributed by atoms with Crippen molar-refractivity contribution in [2.75, 3.05) is 5.75 Å². The van der Waals surface area contributed by atoms with E-state index >= 15 is 0 Å². The van der Waals surface area contributed by atoms with Crippen molar-refractivity contribution in [2.45, 2.75) is 43.9 Å². The van der Waals surface area contributed by atoms with Gasteiger partial charge in [0.05, 0.1) is 11.8 Å². The van der Waals surface area contributed by atoms with Crippen molar-refractivity contribution < 1.29 is 4.79 Å². The molecule has 23 heavy (non-hydrogen) atoms. The first-order valence-corrected chi connectivity index (χ1v) is 9.25. The molecule has 0 bridgehead atoms. The molecule has 120 valence electrons. The molecule has 0 amide bonds. The first-order valence-electron chi connectivity index (χ1n) is 7.39. The molecule has 0 radical (unpaired) electrons. The molecule has 1 heterocycles. The maximum atomic E-state index is 12.3. The number of hydrogen-bond acceptors (Lipinski definition) is 5. The lowest BCUT2D eigenvalue weighted by molar-refractivity contribution is -0.116. The van der Waals surface area contributed by atoms with Crippen molar-refractivity contribution in [3.05, 3.63) is 45.9 Å². The third-order valence-corrected chi connectivity index (χ3v) is 5.50. The van der Waals surface area contributed by atoms with Crippen LogP contribution in [0.15, 0.2) is 34.5 Å². The van der Waals surface area contributed by atoms with Crippen molar-refractivity contribution in [3.63, 3.8) is 0 Å². The van der Waals surface area contributed by atoms with E-state index in [0.29, 0.717) is 5.01 Å². The Bertz CT molecular complexity index is 721. The number of thiazole rings is 1. The zero-order valence-electron chi connectivity index (χ0n) is 13.8. The summed E-state index contributed by atoms with van der Waals surface area (Å²) in [5, 5.41) is 11.7. The summed E-state index contributed by atoms with van der Waals surface area (Å²) in [5.74, 6) is -0.562. The van der Waals surface area contributed by atoms with Gasteiger partial charge in [0.2, 0.25) is 0 Å². The van der Waals surface area contributed by atoms with Gasteiger partial charge in [-0.05, 0) is 30.0 Å². The van der Waals surface area contributed by atoms with E-state index in [1.165, 1.54) is 28.7 Å². The molecule has 0 fully saturated rings. The van der Waals surface area contributed by atoms with Crippen LogP contribution in [0.25, 0.3) is 0 Å². The summed E-state index contributed by atoms with van der Waals surface area (Å²) in [7, 11) is 0. The van der Waals surface area contributed by atoms with E-state index < -0.39 is 5.92 Å². The summed E-state index contributed by atoms with van der Waals surface area (Å²) in [6.45, 7) is 8.38. The molecule has 0 unspecified atom stereocenters. The zero-order valence-corrected chi connectivity index (χ0v) is 15.4. The van der Waals surface area contributed by atoms with E-state index in [1.54, 1.807) is 0 Å². The summed E-state index contributed by atoms with van der Waals surface area (Å²) in [4.78, 5) is 17.6. The molecule has 0 saturated carbocycles. The van der Waals surface area contributed by atoms with E-state index in [2.05, 4.69) is 44.0 Å². The van der Waals surface area contributed by atoms with Gasteiger partial charge < -0.3 is 0 Å². The Morgan fingerprint density at radius 1 is 1.35 bits per heavy atom. The van der Waals surface area contributed by atoms with Gasteiger partial charge in [-0.1, -0.05) is 32.9 Å². The third-order valence-electron chi connectivity index (χ3n) is 3.44. The van der Waals surface area contributed by atoms with Crippen molar-refractivity contribution in [3.8, 4) is 6.07 Å². The van der Waals surface area contributed by atoms with E-state index in [1.807, 2.05) is 24.4 Å². The third kappa shape index (κ3) is 4.66. The van der Waals surface area contributed by atoms with Crippen LogP contribution >= 0.6 is 23.1 Å². The number of aryl methyl sites for hydroxylation is 1. The van der Waals surface area contributed by atoms with Crippen LogP contribution in [0.1, 0.15) is 43.0 Å². The molecular weight excluding hydrogens is 324 g/mol. The second-order valence-electron chi connectivity index (χ2n) is 6.42. The van der Waals surface area contributed by atoms with Crippen molar-refractivity contribution in [1.29, 1.82) is 5.26 Å². The van der Waals surface area contributed by atoms with Gasteiger partial charge in [0.15, 0.2) is 11.7 Å². The number of benzene rings is 1. The van der Waals surface area contributed by atoms with Crippen molar-refractivity contribution >= 4 is 28.9 Å². The number of aromatic nitrogens is 1. The Balaban J connectivity index is 2.00. The fourth-order valence-electron chi connectivity index (χ4n) is 2.06. The molecule has 0 aliphatic rings. The number of thioether (sulfide) groups is 1. The maximum absolute atomic E-state index is 12.3. The molecule has 0 N–H and O–H groups in total. The van der Waals surface area contributed by atoms with Gasteiger partial charge in [0.25, 0.3) is 0 Å². The van der Waals surface area contributed by atoms with Gasteiger partial charge in [0, 0.05) is 16.0 Å². The Morgan fingerprint density at radius 3 is 2.48 bits per heavy atom. The molecule has 2 rings (SSSR count). The van der Waals surface area contributed by atoms with Crippen LogP contribution in [0.3, 0.4) is 0 Å². The quantitative estimate of drug-likeness (QED) is 0.737. The topological polar surface area (TPSA) is 53.8 Å². The second-order valence-corrected chi connectivity index (χ2v) is 8.36. The highest BCUT2D eigenvalue weighted by Crippen LogP contribution is 2.27. The number of carbonyl (C=O) groups excluding carboxylic acids is 1. The number of rotatable bonds is 5. The number of ketones is 1. The number of nitriles is 1. The highest BCUT2D eigenvalue weighted by Gasteiger charge is 2.23. The SMILES string of the molecule is Cc1csc([C@H](C#N)C(=O)CSc2ccc(C(C)(C)C)cc2)n1. The molecule has 0 spiro atoms. The molecule has 2 aromatic rings. The number of Topliss-reactive ketones (excluding diaryl/α,β-unsaturated/α-hetero) is 1. The lowest BCUT2D eigenvalue weighted by Gasteiger charge is -2.19. The average Bonchev–Trinajstić information content (AvgIpc) is 2.91. The summed E-state index contributed by atoms with van der Waals surface area (Å²) < 4.78 is 0. The van der Waals surface area contributed by atoms with E-state index in [0.717, 1.165) is 10.6 Å². The normalized spacial score (nSPS) is 12.7. The number of nitrogens with zero attached hydrogens (tertiary/aromatic N) is 2. The Hall–Kier alpha value is -1.64. The Kier molecular flexibility index (Phi) is 5.61. The van der Waals surface area contributed by atoms with Crippen LogP contribution in [0.4, 0.5) is 0 Å². The summed E-state index contributed by atoms with van der Waals surface area (Å²) in [5.41, 5.74) is 2.23. The van der Waals surface area contributed by atoms with Gasteiger partial charge in [-0.3, -0.25) is 4.79 Å². The van der Waals surface area contributed by atoms with Gasteiger partial charge in [-0.2, -0.15) is 5.26 Å². The standard InChI is InChI=1S/C18H20N2OS2/c1-12-10-23-17(20-12)15(9-19)16(21)11-22-14-7-5-13(6-8-14)18(2,3)4/h5-8,10,15H,11H2,1-4H3/t15-/m1/s1. The fraction of sp³-hybridized carbons (Fsp3) is 0.389. The van der Waals surface area contributed by atoms with Crippen LogP contribution in [0.2, 0.25) is 0 Å². The van der Waals surface area contributed by atoms with Crippen LogP contribution < -0.4 is 0 Å². The van der Waals surface area contributed by atoms with Crippen molar-refractivity contribution in [1.82, 2.24) is 4.98 Å². The molecule has 5 heteroatoms. The van der Waals surface area contributed by atoms with E-state index in [-0.39, 0.29) is 17.0 Å². The molecule has 0 saturated heterocycles. The highest BCUT2D eigenvalue weighted by molar-refractivity contribution is 8.00. The van der Waals surface area contributed by atoms with E-state index in [4.69, 9.17) is 0 Å². The predicted octanol–water partition coefficient (Wildman–Crippen LogP) is 4.72. The molecule has 1 aromatic heterocycles. The van der Waals surface area contributed by atoms with Crippen LogP contribution in [-0.4, -0.2) is 16.5 Å². The first kappa shape index (κ1) is 17.7. The van der Waals surface area contributed by atoms with Gasteiger partial charge in [0.1, 0.15) is 5.01 Å². The summed E-state index contributed by atoms with van der Waals surface area (Å²) in [6.07, 6.45) is 0. The number of carbonyl (C=O) groups is 1. The van der Waals surface area contributed by atoms with Crippen molar-refractivity contribution in [2.24, 2.45) is 0 Å². The van der Waals surface area contributed by atoms with Gasteiger partial charge in [-0.15, -0.1) is 23.1 Å². The molecule has 0 aliphatic carbocycles. The first-order chi connectivity index (χ1) is 10.8. The minimum atomic E-state index is -0.755. The Labute approximate surface area is 145 Å². The zero-order chi connectivity index (χ0) is 17.0. The molecule has 3 nitrogen and oxygen atoms in total. The average molecular weight is 345 g/mol. The number of hydrogen-bond donors (Lipinski definition) is 0. The summed E-state index contributed by atoms with van der Waals surface area (Å²) >= 11 is 2.84. The van der Waals surface area contributed by atoms with Gasteiger partial charge in [-0.25, -0.2) is 4.98 Å². The van der Waals surface area contributed by atoms with Gasteiger partial charge >= 0.3 is 0 Å². The highest BCUT2D eigenvalue weighted by atomic mass is 32.2. The lowest BCUT2D eigenvalue weighted by atomic mass is 9.87. The lowest BCUT2D eigenvalue weighted by Crippen LogP contribution is -2.13. The monoisotopic (exact) mass is 344 g/mol. The van der Waals surface area contributed by atoms with Crippen LogP contribution in [0, 0.1) is 18.3 Å². The Morgan fingerprint density at radius 2 is 2.00 bits per heavy atom. The smallest absolute Gasteiger partial charge is 0.167 e. The molecule has 0 aliphatic heterocycles. The molecule has 1 atom stereocenters. The minimum Gasteiger partial charge on any atom is -0.297 e. The predicted molar refractivity (Wildman–Crippen MR) is 96.1 cm³/mol. The fourth-order valence-corrected chi connectivity index (χ4v) is 3.72. The second kappa shape index (κ2) is 7.29. The van der Waals surface area contributed by atoms with Crippen LogP contribution in [0.5, 0.6) is 0 Å². The van der Waals surface area contributed by atoms with E-state index in [9.17, 15) is 10.1 Å². The summed E-state index contributed by atoms with van der Waals surface area (Å²) in [6, 6.07) is 10.3. The minimum absolute atomic E-state index is 0.0910. The maximum Gasteiger partial charge on any atom is 0.167 e. The van der Waals surface area contributed by atoms with Crippen LogP contribution in [-0.2, 0) is 10.2 Å². The molecular formula is C18H20N2OS2.